The Hall–Kier alpha value is -3.05. The molecule has 192 valence electrons. The fourth-order valence-electron chi connectivity index (χ4n) is 3.99. The molecule has 2 aromatic heterocycles. The van der Waals surface area contributed by atoms with Crippen molar-refractivity contribution in [1.82, 2.24) is 25.2 Å². The van der Waals surface area contributed by atoms with E-state index in [0.29, 0.717) is 22.9 Å². The van der Waals surface area contributed by atoms with Crippen LogP contribution < -0.4 is 10.1 Å². The van der Waals surface area contributed by atoms with Gasteiger partial charge in [-0.1, -0.05) is 0 Å². The number of likely N-dealkylation sites (tertiary alicyclic amines) is 1. The number of benzene rings is 1. The van der Waals surface area contributed by atoms with E-state index in [0.717, 1.165) is 47.4 Å². The molecule has 11 heteroatoms. The van der Waals surface area contributed by atoms with Gasteiger partial charge in [0.1, 0.15) is 16.9 Å². The summed E-state index contributed by atoms with van der Waals surface area (Å²) in [6.07, 6.45) is 0.208. The van der Waals surface area contributed by atoms with Crippen LogP contribution in [0.15, 0.2) is 36.8 Å². The molecule has 1 aliphatic rings. The number of amides is 1. The summed E-state index contributed by atoms with van der Waals surface area (Å²) in [4.78, 5) is 27.8. The summed E-state index contributed by atoms with van der Waals surface area (Å²) in [5.74, 6) is -1.04. The maximum Gasteiger partial charge on any atom is 0.451 e. The van der Waals surface area contributed by atoms with Crippen LogP contribution in [-0.2, 0) is 6.18 Å². The first kappa shape index (κ1) is 26.0. The molecule has 1 saturated heterocycles. The molecule has 1 aromatic carbocycles. The lowest BCUT2D eigenvalue weighted by molar-refractivity contribution is -0.145. The predicted octanol–water partition coefficient (Wildman–Crippen LogP) is 5.28. The van der Waals surface area contributed by atoms with Gasteiger partial charge in [0, 0.05) is 59.3 Å². The first-order chi connectivity index (χ1) is 17.0. The van der Waals surface area contributed by atoms with Crippen LogP contribution in [0.4, 0.5) is 13.2 Å². The molecule has 1 aliphatic heterocycles. The van der Waals surface area contributed by atoms with Gasteiger partial charge in [0.15, 0.2) is 0 Å². The number of alkyl halides is 3. The van der Waals surface area contributed by atoms with Gasteiger partial charge in [-0.2, -0.15) is 13.2 Å². The van der Waals surface area contributed by atoms with Crippen LogP contribution >= 0.6 is 11.3 Å². The Kier molecular flexibility index (Phi) is 7.60. The molecule has 1 fully saturated rings. The second kappa shape index (κ2) is 10.5. The zero-order valence-electron chi connectivity index (χ0n) is 20.5. The van der Waals surface area contributed by atoms with Gasteiger partial charge in [0.05, 0.1) is 6.04 Å². The molecule has 4 rings (SSSR count). The Bertz CT molecular complexity index is 1210. The molecule has 0 spiro atoms. The molecule has 0 aliphatic carbocycles. The lowest BCUT2D eigenvalue weighted by atomic mass is 10.1. The summed E-state index contributed by atoms with van der Waals surface area (Å²) < 4.78 is 44.6. The highest BCUT2D eigenvalue weighted by Gasteiger charge is 2.34. The van der Waals surface area contributed by atoms with Crippen LogP contribution in [0, 0.1) is 6.92 Å². The summed E-state index contributed by atoms with van der Waals surface area (Å²) in [6, 6.07) is 5.14. The maximum absolute atomic E-state index is 13.2. The molecule has 1 amide bonds. The number of halogens is 3. The van der Waals surface area contributed by atoms with E-state index in [-0.39, 0.29) is 6.10 Å². The Morgan fingerprint density at radius 1 is 1.14 bits per heavy atom. The molecule has 3 heterocycles. The highest BCUT2D eigenvalue weighted by atomic mass is 32.1. The standard InChI is InChI=1S/C25H28F3N5O2S/c1-14(2)33-6-5-20(13-33)35-21-8-17(7-18(9-21)23-29-10-15(3)36-23)22(34)32-16(4)19-11-30-24(31-12-19)25(26,27)28/h7-12,14,16,20H,5-6,13H2,1-4H3,(H,32,34)/t16?,20-/m0/s1. The summed E-state index contributed by atoms with van der Waals surface area (Å²) >= 11 is 1.52. The number of rotatable bonds is 7. The number of thiazole rings is 1. The number of ether oxygens (including phenoxy) is 1. The number of aromatic nitrogens is 3. The molecule has 1 unspecified atom stereocenters. The van der Waals surface area contributed by atoms with Gasteiger partial charge >= 0.3 is 6.18 Å². The normalized spacial score (nSPS) is 17.4. The molecule has 36 heavy (non-hydrogen) atoms. The predicted molar refractivity (Wildman–Crippen MR) is 131 cm³/mol. The zero-order valence-corrected chi connectivity index (χ0v) is 21.3. The molecule has 0 bridgehead atoms. The fraction of sp³-hybridized carbons (Fsp3) is 0.440. The smallest absolute Gasteiger partial charge is 0.451 e. The molecule has 0 radical (unpaired) electrons. The number of carbonyl (C=O) groups excluding carboxylic acids is 1. The van der Waals surface area contributed by atoms with Gasteiger partial charge < -0.3 is 10.1 Å². The van der Waals surface area contributed by atoms with E-state index < -0.39 is 23.9 Å². The number of aryl methyl sites for hydroxylation is 1. The van der Waals surface area contributed by atoms with E-state index in [1.165, 1.54) is 11.3 Å². The van der Waals surface area contributed by atoms with Gasteiger partial charge in [0.2, 0.25) is 5.82 Å². The van der Waals surface area contributed by atoms with Gasteiger partial charge in [-0.05, 0) is 52.3 Å². The van der Waals surface area contributed by atoms with Crippen LogP contribution in [0.5, 0.6) is 5.75 Å². The van der Waals surface area contributed by atoms with Crippen molar-refractivity contribution >= 4 is 17.2 Å². The Labute approximate surface area is 211 Å². The molecule has 2 atom stereocenters. The van der Waals surface area contributed by atoms with Gasteiger partial charge in [-0.25, -0.2) is 15.0 Å². The minimum atomic E-state index is -4.62. The van der Waals surface area contributed by atoms with Crippen LogP contribution in [0.25, 0.3) is 10.6 Å². The summed E-state index contributed by atoms with van der Waals surface area (Å²) in [5.41, 5.74) is 1.49. The minimum Gasteiger partial charge on any atom is -0.489 e. The monoisotopic (exact) mass is 519 g/mol. The number of nitrogens with one attached hydrogen (secondary N) is 1. The van der Waals surface area contributed by atoms with Crippen molar-refractivity contribution in [3.05, 3.63) is 58.6 Å². The minimum absolute atomic E-state index is 0.0137. The largest absolute Gasteiger partial charge is 0.489 e. The maximum atomic E-state index is 13.2. The van der Waals surface area contributed by atoms with Crippen molar-refractivity contribution in [3.63, 3.8) is 0 Å². The van der Waals surface area contributed by atoms with E-state index in [1.807, 2.05) is 13.0 Å². The fourth-order valence-corrected chi connectivity index (χ4v) is 4.74. The van der Waals surface area contributed by atoms with Crippen LogP contribution in [-0.4, -0.2) is 51.0 Å². The Morgan fingerprint density at radius 3 is 2.44 bits per heavy atom. The van der Waals surface area contributed by atoms with Crippen molar-refractivity contribution in [3.8, 4) is 16.3 Å². The van der Waals surface area contributed by atoms with Crippen LogP contribution in [0.2, 0.25) is 0 Å². The zero-order chi connectivity index (χ0) is 26.0. The first-order valence-corrected chi connectivity index (χ1v) is 12.5. The number of hydrogen-bond acceptors (Lipinski definition) is 7. The second-order valence-electron chi connectivity index (χ2n) is 9.17. The molecule has 0 saturated carbocycles. The third kappa shape index (κ3) is 6.19. The number of hydrogen-bond donors (Lipinski definition) is 1. The van der Waals surface area contributed by atoms with E-state index in [9.17, 15) is 18.0 Å². The lowest BCUT2D eigenvalue weighted by Crippen LogP contribution is -2.30. The molecular formula is C25H28F3N5O2S. The Morgan fingerprint density at radius 2 is 1.86 bits per heavy atom. The van der Waals surface area contributed by atoms with E-state index in [4.69, 9.17) is 4.74 Å². The van der Waals surface area contributed by atoms with Crippen molar-refractivity contribution in [1.29, 1.82) is 0 Å². The summed E-state index contributed by atoms with van der Waals surface area (Å²) in [7, 11) is 0. The van der Waals surface area contributed by atoms with Crippen molar-refractivity contribution < 1.29 is 22.7 Å². The average Bonchev–Trinajstić information content (AvgIpc) is 3.47. The van der Waals surface area contributed by atoms with Gasteiger partial charge in [0.25, 0.3) is 5.91 Å². The van der Waals surface area contributed by atoms with Crippen molar-refractivity contribution in [2.45, 2.75) is 58.5 Å². The Balaban J connectivity index is 1.55. The highest BCUT2D eigenvalue weighted by Crippen LogP contribution is 2.31. The molecule has 1 N–H and O–H groups in total. The second-order valence-corrected chi connectivity index (χ2v) is 10.4. The SMILES string of the molecule is Cc1cnc(-c2cc(O[C@H]3CCN(C(C)C)C3)cc(C(=O)NC(C)c3cnc(C(F)(F)F)nc3)c2)s1. The highest BCUT2D eigenvalue weighted by molar-refractivity contribution is 7.14. The summed E-state index contributed by atoms with van der Waals surface area (Å²) in [5, 5.41) is 3.59. The van der Waals surface area contributed by atoms with Gasteiger partial charge in [-0.15, -0.1) is 11.3 Å². The third-order valence-electron chi connectivity index (χ3n) is 6.02. The number of carbonyl (C=O) groups is 1. The quantitative estimate of drug-likeness (QED) is 0.458. The first-order valence-electron chi connectivity index (χ1n) is 11.7. The van der Waals surface area contributed by atoms with Crippen molar-refractivity contribution in [2.75, 3.05) is 13.1 Å². The van der Waals surface area contributed by atoms with Crippen LogP contribution in [0.1, 0.15) is 59.9 Å². The van der Waals surface area contributed by atoms with E-state index in [2.05, 4.69) is 39.0 Å². The van der Waals surface area contributed by atoms with Gasteiger partial charge in [-0.3, -0.25) is 9.69 Å². The molecule has 7 nitrogen and oxygen atoms in total. The van der Waals surface area contributed by atoms with Crippen LogP contribution in [0.3, 0.4) is 0 Å². The average molecular weight is 520 g/mol. The third-order valence-corrected chi connectivity index (χ3v) is 6.98. The topological polar surface area (TPSA) is 80.2 Å². The van der Waals surface area contributed by atoms with E-state index in [1.54, 1.807) is 25.3 Å². The van der Waals surface area contributed by atoms with Crippen molar-refractivity contribution in [2.24, 2.45) is 0 Å². The number of nitrogens with zero attached hydrogens (tertiary/aromatic N) is 4. The summed E-state index contributed by atoms with van der Waals surface area (Å²) in [6.45, 7) is 9.69. The lowest BCUT2D eigenvalue weighted by Gasteiger charge is -2.21. The molecule has 3 aromatic rings. The molecular weight excluding hydrogens is 491 g/mol. The van der Waals surface area contributed by atoms with E-state index >= 15 is 0 Å².